The Kier molecular flexibility index (Phi) is 3.86. The molecule has 0 N–H and O–H groups in total. The van der Waals surface area contributed by atoms with Gasteiger partial charge >= 0.3 is 0 Å². The van der Waals surface area contributed by atoms with Gasteiger partial charge in [-0.05, 0) is 74.5 Å². The highest BCUT2D eigenvalue weighted by Crippen LogP contribution is 2.46. The minimum Gasteiger partial charge on any atom is -0.139 e. The van der Waals surface area contributed by atoms with Gasteiger partial charge < -0.3 is 0 Å². The lowest BCUT2D eigenvalue weighted by molar-refractivity contribution is 0.842. The van der Waals surface area contributed by atoms with Crippen LogP contribution in [0.4, 0.5) is 0 Å². The van der Waals surface area contributed by atoms with Crippen LogP contribution in [0.15, 0.2) is 91.0 Å². The Bertz CT molecular complexity index is 1680. The predicted molar refractivity (Wildman–Crippen MR) is 141 cm³/mol. The van der Waals surface area contributed by atoms with Gasteiger partial charge in [-0.15, -0.1) is 11.3 Å². The maximum atomic E-state index is 2.47. The molecule has 0 saturated heterocycles. The molecule has 1 unspecified atom stereocenters. The molecular weight excluding hydrogens is 404 g/mol. The lowest BCUT2D eigenvalue weighted by atomic mass is 9.85. The molecule has 7 rings (SSSR count). The quantitative estimate of drug-likeness (QED) is 0.230. The van der Waals surface area contributed by atoms with E-state index in [-0.39, 0.29) is 0 Å². The average molecular weight is 427 g/mol. The number of hydrogen-bond acceptors (Lipinski definition) is 1. The molecule has 152 valence electrons. The second kappa shape index (κ2) is 6.79. The molecule has 1 heterocycles. The monoisotopic (exact) mass is 426 g/mol. The molecule has 1 aromatic heterocycles. The molecule has 0 fully saturated rings. The summed E-state index contributed by atoms with van der Waals surface area (Å²) in [4.78, 5) is 1.52. The van der Waals surface area contributed by atoms with E-state index >= 15 is 0 Å². The fourth-order valence-corrected chi connectivity index (χ4v) is 7.06. The largest absolute Gasteiger partial charge is 0.139 e. The van der Waals surface area contributed by atoms with Gasteiger partial charge in [0.05, 0.1) is 0 Å². The van der Waals surface area contributed by atoms with E-state index in [1.54, 1.807) is 0 Å². The number of rotatable bonds is 1. The maximum Gasteiger partial charge on any atom is 0.0354 e. The van der Waals surface area contributed by atoms with Crippen LogP contribution in [0.25, 0.3) is 48.5 Å². The predicted octanol–water partition coefficient (Wildman–Crippen LogP) is 9.22. The Morgan fingerprint density at radius 2 is 1.34 bits per heavy atom. The zero-order chi connectivity index (χ0) is 21.2. The van der Waals surface area contributed by atoms with Crippen LogP contribution in [0.2, 0.25) is 0 Å². The summed E-state index contributed by atoms with van der Waals surface area (Å²) in [5.41, 5.74) is 4.23. The molecule has 5 aromatic carbocycles. The van der Waals surface area contributed by atoms with Crippen LogP contribution in [0.1, 0.15) is 33.9 Å². The zero-order valence-corrected chi connectivity index (χ0v) is 18.7. The minimum absolute atomic E-state index is 0.418. The smallest absolute Gasteiger partial charge is 0.0354 e. The minimum atomic E-state index is 0.418. The standard InChI is InChI=1S/C31H22S/c1-19-8-6-15-29-30(19)27-14-7-13-21(31(27)32-29)20-16-17-26-24-11-3-2-9-22(24)23-10-4-5-12-25(23)28(26)18-20/h2-12,14-18,21H,13H2,1H3. The lowest BCUT2D eigenvalue weighted by Crippen LogP contribution is -2.03. The number of thiophene rings is 1. The summed E-state index contributed by atoms with van der Waals surface area (Å²) in [6, 6.07) is 31.6. The third kappa shape index (κ3) is 2.49. The van der Waals surface area contributed by atoms with Crippen molar-refractivity contribution in [3.05, 3.63) is 113 Å². The van der Waals surface area contributed by atoms with Gasteiger partial charge in [-0.2, -0.15) is 0 Å². The van der Waals surface area contributed by atoms with Crippen molar-refractivity contribution >= 4 is 59.8 Å². The molecule has 0 amide bonds. The number of aryl methyl sites for hydroxylation is 1. The third-order valence-electron chi connectivity index (χ3n) is 7.13. The summed E-state index contributed by atoms with van der Waals surface area (Å²) in [5, 5.41) is 9.52. The van der Waals surface area contributed by atoms with Crippen LogP contribution in [-0.4, -0.2) is 0 Å². The molecule has 1 aliphatic carbocycles. The molecule has 1 heteroatoms. The fraction of sp³-hybridized carbons (Fsp3) is 0.0968. The van der Waals surface area contributed by atoms with Gasteiger partial charge in [-0.3, -0.25) is 0 Å². The van der Waals surface area contributed by atoms with E-state index in [4.69, 9.17) is 0 Å². The van der Waals surface area contributed by atoms with E-state index < -0.39 is 0 Å². The van der Waals surface area contributed by atoms with E-state index in [0.29, 0.717) is 5.92 Å². The first-order valence-electron chi connectivity index (χ1n) is 11.3. The summed E-state index contributed by atoms with van der Waals surface area (Å²) in [5.74, 6) is 0.418. The normalized spacial score (nSPS) is 15.7. The number of hydrogen-bond donors (Lipinski definition) is 0. The Labute approximate surface area is 191 Å². The molecular formula is C31H22S. The van der Waals surface area contributed by atoms with Gasteiger partial charge in [-0.1, -0.05) is 84.9 Å². The summed E-state index contributed by atoms with van der Waals surface area (Å²) in [6.07, 6.45) is 5.78. The van der Waals surface area contributed by atoms with Crippen LogP contribution >= 0.6 is 11.3 Å². The van der Waals surface area contributed by atoms with Crippen molar-refractivity contribution in [3.8, 4) is 0 Å². The highest BCUT2D eigenvalue weighted by atomic mass is 32.1. The van der Waals surface area contributed by atoms with Gasteiger partial charge in [0.15, 0.2) is 0 Å². The Morgan fingerprint density at radius 1 is 0.688 bits per heavy atom. The lowest BCUT2D eigenvalue weighted by Gasteiger charge is -2.20. The Hall–Kier alpha value is -3.42. The first-order valence-corrected chi connectivity index (χ1v) is 12.1. The summed E-state index contributed by atoms with van der Waals surface area (Å²) < 4.78 is 1.41. The molecule has 1 atom stereocenters. The first kappa shape index (κ1) is 18.2. The van der Waals surface area contributed by atoms with Gasteiger partial charge in [0.1, 0.15) is 0 Å². The molecule has 32 heavy (non-hydrogen) atoms. The van der Waals surface area contributed by atoms with Gasteiger partial charge in [-0.25, -0.2) is 0 Å². The molecule has 0 aliphatic heterocycles. The zero-order valence-electron chi connectivity index (χ0n) is 17.9. The fourth-order valence-electron chi connectivity index (χ4n) is 5.65. The molecule has 0 radical (unpaired) electrons. The van der Waals surface area contributed by atoms with Gasteiger partial charge in [0.25, 0.3) is 0 Å². The summed E-state index contributed by atoms with van der Waals surface area (Å²) in [7, 11) is 0. The summed E-state index contributed by atoms with van der Waals surface area (Å²) >= 11 is 1.98. The van der Waals surface area contributed by atoms with Gasteiger partial charge in [0.2, 0.25) is 0 Å². The molecule has 6 aromatic rings. The molecule has 0 spiro atoms. The van der Waals surface area contributed by atoms with Crippen molar-refractivity contribution in [1.82, 2.24) is 0 Å². The van der Waals surface area contributed by atoms with Crippen LogP contribution in [0.5, 0.6) is 0 Å². The number of benzene rings is 5. The van der Waals surface area contributed by atoms with Crippen LogP contribution in [0.3, 0.4) is 0 Å². The molecule has 0 bridgehead atoms. The topological polar surface area (TPSA) is 0 Å². The van der Waals surface area contributed by atoms with E-state index in [1.807, 2.05) is 11.3 Å². The SMILES string of the molecule is Cc1cccc2sc3c(c12)C=CCC3c1ccc2c3ccccc3c3ccccc3c2c1. The van der Waals surface area contributed by atoms with Crippen LogP contribution in [0, 0.1) is 6.92 Å². The summed E-state index contributed by atoms with van der Waals surface area (Å²) in [6.45, 7) is 2.24. The van der Waals surface area contributed by atoms with Crippen LogP contribution in [-0.2, 0) is 0 Å². The molecule has 0 saturated carbocycles. The van der Waals surface area contributed by atoms with Crippen molar-refractivity contribution in [3.63, 3.8) is 0 Å². The van der Waals surface area contributed by atoms with Crippen molar-refractivity contribution in [1.29, 1.82) is 0 Å². The van der Waals surface area contributed by atoms with E-state index in [2.05, 4.69) is 104 Å². The second-order valence-corrected chi connectivity index (χ2v) is 10.00. The highest BCUT2D eigenvalue weighted by Gasteiger charge is 2.24. The van der Waals surface area contributed by atoms with E-state index in [9.17, 15) is 0 Å². The Balaban J connectivity index is 1.51. The highest BCUT2D eigenvalue weighted by molar-refractivity contribution is 7.19. The molecule has 0 nitrogen and oxygen atoms in total. The van der Waals surface area contributed by atoms with Crippen molar-refractivity contribution in [2.45, 2.75) is 19.3 Å². The second-order valence-electron chi connectivity index (χ2n) is 8.91. The van der Waals surface area contributed by atoms with Crippen molar-refractivity contribution in [2.24, 2.45) is 0 Å². The number of allylic oxidation sites excluding steroid dienone is 1. The van der Waals surface area contributed by atoms with Crippen molar-refractivity contribution in [2.75, 3.05) is 0 Å². The van der Waals surface area contributed by atoms with Gasteiger partial charge in [0, 0.05) is 20.9 Å². The maximum absolute atomic E-state index is 2.47. The Morgan fingerprint density at radius 3 is 2.06 bits per heavy atom. The van der Waals surface area contributed by atoms with Crippen LogP contribution < -0.4 is 0 Å². The van der Waals surface area contributed by atoms with E-state index in [1.165, 1.54) is 64.0 Å². The van der Waals surface area contributed by atoms with E-state index in [0.717, 1.165) is 6.42 Å². The average Bonchev–Trinajstić information content (AvgIpc) is 3.24. The molecule has 1 aliphatic rings. The third-order valence-corrected chi connectivity index (χ3v) is 8.42. The van der Waals surface area contributed by atoms with Crippen molar-refractivity contribution < 1.29 is 0 Å². The number of fused-ring (bicyclic) bond motifs is 9. The first-order chi connectivity index (χ1) is 15.8.